The quantitative estimate of drug-likeness (QED) is 0.800. The van der Waals surface area contributed by atoms with Crippen molar-refractivity contribution in [3.8, 4) is 11.5 Å². The summed E-state index contributed by atoms with van der Waals surface area (Å²) in [5, 5.41) is 10.5. The van der Waals surface area contributed by atoms with Gasteiger partial charge in [-0.25, -0.2) is 0 Å². The zero-order chi connectivity index (χ0) is 12.8. The summed E-state index contributed by atoms with van der Waals surface area (Å²) in [6.07, 6.45) is 0.736. The lowest BCUT2D eigenvalue weighted by Gasteiger charge is -2.14. The van der Waals surface area contributed by atoms with Gasteiger partial charge in [-0.05, 0) is 40.0 Å². The number of aliphatic carboxylic acids is 1. The van der Waals surface area contributed by atoms with Gasteiger partial charge in [0.2, 0.25) is 0 Å². The Kier molecular flexibility index (Phi) is 5.28. The molecule has 0 amide bonds. The Balaban J connectivity index is 3.02. The van der Waals surface area contributed by atoms with E-state index in [0.717, 1.165) is 6.42 Å². The van der Waals surface area contributed by atoms with Gasteiger partial charge in [-0.15, -0.1) is 0 Å². The molecular weight excluding hydrogens is 288 g/mol. The largest absolute Gasteiger partial charge is 0.550 e. The molecule has 5 heteroatoms. The lowest BCUT2D eigenvalue weighted by molar-refractivity contribution is -0.304. The topological polar surface area (TPSA) is 58.6 Å². The maximum atomic E-state index is 10.5. The van der Waals surface area contributed by atoms with Gasteiger partial charge in [-0.1, -0.05) is 6.92 Å². The van der Waals surface area contributed by atoms with Crippen LogP contribution in [-0.4, -0.2) is 19.7 Å². The van der Waals surface area contributed by atoms with Crippen molar-refractivity contribution in [1.82, 2.24) is 0 Å². The lowest BCUT2D eigenvalue weighted by atomic mass is 10.1. The predicted octanol–water partition coefficient (Wildman–Crippen LogP) is 1.54. The zero-order valence-corrected chi connectivity index (χ0v) is 11.4. The van der Waals surface area contributed by atoms with Gasteiger partial charge in [0, 0.05) is 12.4 Å². The summed E-state index contributed by atoms with van der Waals surface area (Å²) in [4.78, 5) is 10.5. The van der Waals surface area contributed by atoms with Crippen LogP contribution in [0.4, 0.5) is 0 Å². The fraction of sp³-hybridized carbons (Fsp3) is 0.417. The Labute approximate surface area is 109 Å². The summed E-state index contributed by atoms with van der Waals surface area (Å²) in [6.45, 7) is 2.58. The number of benzene rings is 1. The van der Waals surface area contributed by atoms with Crippen molar-refractivity contribution in [3.63, 3.8) is 0 Å². The molecule has 0 N–H and O–H groups in total. The van der Waals surface area contributed by atoms with E-state index in [-0.39, 0.29) is 6.42 Å². The number of halogens is 1. The zero-order valence-electron chi connectivity index (χ0n) is 9.79. The summed E-state index contributed by atoms with van der Waals surface area (Å²) >= 11 is 3.34. The summed E-state index contributed by atoms with van der Waals surface area (Å²) in [7, 11) is 1.52. The second-order valence-electron chi connectivity index (χ2n) is 3.51. The molecule has 0 atom stereocenters. The maximum absolute atomic E-state index is 10.5. The molecule has 0 aromatic heterocycles. The highest BCUT2D eigenvalue weighted by Gasteiger charge is 2.11. The Hall–Kier alpha value is -1.23. The standard InChI is InChI=1S/C12H15BrO4/c1-3-4-17-12-9(13)5-8(7-11(14)15)6-10(12)16-2/h5-6H,3-4,7H2,1-2H3,(H,14,15)/p-1. The van der Waals surface area contributed by atoms with E-state index in [0.29, 0.717) is 28.1 Å². The van der Waals surface area contributed by atoms with E-state index >= 15 is 0 Å². The number of methoxy groups -OCH3 is 1. The van der Waals surface area contributed by atoms with Gasteiger partial charge < -0.3 is 19.4 Å². The molecule has 0 saturated heterocycles. The smallest absolute Gasteiger partial charge is 0.175 e. The van der Waals surface area contributed by atoms with Crippen LogP contribution in [-0.2, 0) is 11.2 Å². The molecule has 1 aromatic carbocycles. The van der Waals surface area contributed by atoms with Gasteiger partial charge in [-0.2, -0.15) is 0 Å². The van der Waals surface area contributed by atoms with Crippen molar-refractivity contribution >= 4 is 21.9 Å². The molecule has 0 bridgehead atoms. The fourth-order valence-corrected chi connectivity index (χ4v) is 1.99. The van der Waals surface area contributed by atoms with Crippen molar-refractivity contribution in [1.29, 1.82) is 0 Å². The van der Waals surface area contributed by atoms with E-state index in [1.807, 2.05) is 6.92 Å². The third-order valence-electron chi connectivity index (χ3n) is 2.09. The average Bonchev–Trinajstić information content (AvgIpc) is 2.26. The molecule has 1 rings (SSSR count). The molecule has 4 nitrogen and oxygen atoms in total. The van der Waals surface area contributed by atoms with Gasteiger partial charge in [-0.3, -0.25) is 0 Å². The van der Waals surface area contributed by atoms with Crippen molar-refractivity contribution in [2.75, 3.05) is 13.7 Å². The Morgan fingerprint density at radius 3 is 2.71 bits per heavy atom. The molecule has 0 fully saturated rings. The second kappa shape index (κ2) is 6.49. The number of hydrogen-bond donors (Lipinski definition) is 0. The van der Waals surface area contributed by atoms with E-state index in [9.17, 15) is 9.90 Å². The minimum Gasteiger partial charge on any atom is -0.550 e. The lowest BCUT2D eigenvalue weighted by Crippen LogP contribution is -2.24. The first kappa shape index (κ1) is 13.8. The van der Waals surface area contributed by atoms with Crippen molar-refractivity contribution in [2.24, 2.45) is 0 Å². The highest BCUT2D eigenvalue weighted by molar-refractivity contribution is 9.10. The Bertz CT molecular complexity index is 404. The molecule has 0 unspecified atom stereocenters. The summed E-state index contributed by atoms with van der Waals surface area (Å²) in [6, 6.07) is 3.34. The molecule has 0 radical (unpaired) electrons. The molecule has 0 aliphatic heterocycles. The molecule has 0 spiro atoms. The Morgan fingerprint density at radius 1 is 1.47 bits per heavy atom. The number of carbonyl (C=O) groups excluding carboxylic acids is 1. The molecule has 0 heterocycles. The number of ether oxygens (including phenoxy) is 2. The first-order valence-electron chi connectivity index (χ1n) is 5.27. The third-order valence-corrected chi connectivity index (χ3v) is 2.68. The van der Waals surface area contributed by atoms with Crippen LogP contribution in [0, 0.1) is 0 Å². The van der Waals surface area contributed by atoms with E-state index in [1.165, 1.54) is 7.11 Å². The summed E-state index contributed by atoms with van der Waals surface area (Å²) in [5.74, 6) is -0.0123. The molecule has 94 valence electrons. The van der Waals surface area contributed by atoms with Gasteiger partial charge >= 0.3 is 0 Å². The van der Waals surface area contributed by atoms with Crippen LogP contribution >= 0.6 is 15.9 Å². The third kappa shape index (κ3) is 3.93. The van der Waals surface area contributed by atoms with Gasteiger partial charge in [0.05, 0.1) is 18.2 Å². The van der Waals surface area contributed by atoms with Crippen LogP contribution in [0.15, 0.2) is 16.6 Å². The molecular formula is C12H14BrO4-. The van der Waals surface area contributed by atoms with Crippen LogP contribution in [0.25, 0.3) is 0 Å². The number of hydrogen-bond acceptors (Lipinski definition) is 4. The van der Waals surface area contributed by atoms with Gasteiger partial charge in [0.15, 0.2) is 11.5 Å². The SMILES string of the molecule is CCCOc1c(Br)cc(CC(=O)[O-])cc1OC. The molecule has 0 aliphatic carbocycles. The molecule has 1 aromatic rings. The van der Waals surface area contributed by atoms with Gasteiger partial charge in [0.1, 0.15) is 0 Å². The summed E-state index contributed by atoms with van der Waals surface area (Å²) in [5.41, 5.74) is 0.609. The summed E-state index contributed by atoms with van der Waals surface area (Å²) < 4.78 is 11.4. The van der Waals surface area contributed by atoms with Crippen LogP contribution < -0.4 is 14.6 Å². The normalized spacial score (nSPS) is 10.1. The van der Waals surface area contributed by atoms with Crippen molar-refractivity contribution in [2.45, 2.75) is 19.8 Å². The number of carboxylic acid groups (broad SMARTS) is 1. The van der Waals surface area contributed by atoms with E-state index in [1.54, 1.807) is 12.1 Å². The highest BCUT2D eigenvalue weighted by atomic mass is 79.9. The minimum absolute atomic E-state index is 0.150. The monoisotopic (exact) mass is 301 g/mol. The van der Waals surface area contributed by atoms with Crippen LogP contribution in [0.3, 0.4) is 0 Å². The Morgan fingerprint density at radius 2 is 2.18 bits per heavy atom. The maximum Gasteiger partial charge on any atom is 0.175 e. The first-order chi connectivity index (χ1) is 8.08. The van der Waals surface area contributed by atoms with E-state index < -0.39 is 5.97 Å². The number of rotatable bonds is 6. The molecule has 17 heavy (non-hydrogen) atoms. The first-order valence-corrected chi connectivity index (χ1v) is 6.06. The average molecular weight is 302 g/mol. The van der Waals surface area contributed by atoms with E-state index in [4.69, 9.17) is 9.47 Å². The molecule has 0 saturated carbocycles. The minimum atomic E-state index is -1.12. The fourth-order valence-electron chi connectivity index (χ4n) is 1.39. The molecule has 0 aliphatic rings. The van der Waals surface area contributed by atoms with Crippen molar-refractivity contribution in [3.05, 3.63) is 22.2 Å². The van der Waals surface area contributed by atoms with E-state index in [2.05, 4.69) is 15.9 Å². The highest BCUT2D eigenvalue weighted by Crippen LogP contribution is 2.36. The van der Waals surface area contributed by atoms with Crippen LogP contribution in [0.5, 0.6) is 11.5 Å². The van der Waals surface area contributed by atoms with Crippen LogP contribution in [0.2, 0.25) is 0 Å². The van der Waals surface area contributed by atoms with Crippen LogP contribution in [0.1, 0.15) is 18.9 Å². The number of carboxylic acids is 1. The predicted molar refractivity (Wildman–Crippen MR) is 65.2 cm³/mol. The van der Waals surface area contributed by atoms with Crippen molar-refractivity contribution < 1.29 is 19.4 Å². The second-order valence-corrected chi connectivity index (χ2v) is 4.36. The number of carbonyl (C=O) groups is 1. The van der Waals surface area contributed by atoms with Gasteiger partial charge in [0.25, 0.3) is 0 Å².